The second-order valence-electron chi connectivity index (χ2n) is 6.55. The number of aliphatic imine (C=N–C) groups is 1. The van der Waals surface area contributed by atoms with Gasteiger partial charge in [-0.25, -0.2) is 4.79 Å². The summed E-state index contributed by atoms with van der Waals surface area (Å²) in [6.45, 7) is -0.0895. The van der Waals surface area contributed by atoms with E-state index in [1.165, 1.54) is 17.8 Å². The number of anilines is 1. The number of thioether (sulfide) groups is 2. The van der Waals surface area contributed by atoms with Crippen LogP contribution in [0.1, 0.15) is 21.5 Å². The van der Waals surface area contributed by atoms with Gasteiger partial charge in [0.15, 0.2) is 6.61 Å². The van der Waals surface area contributed by atoms with Gasteiger partial charge < -0.3 is 10.1 Å². The van der Waals surface area contributed by atoms with E-state index in [1.807, 2.05) is 5.32 Å². The molecular weight excluding hydrogens is 483 g/mol. The van der Waals surface area contributed by atoms with Crippen LogP contribution in [-0.4, -0.2) is 40.1 Å². The van der Waals surface area contributed by atoms with Crippen molar-refractivity contribution >= 4 is 51.2 Å². The Bertz CT molecular complexity index is 1110. The number of carbonyl (C=O) groups excluding carboxylic acids is 2. The summed E-state index contributed by atoms with van der Waals surface area (Å²) in [5.74, 6) is -0.458. The number of nitro groups is 1. The first-order valence-corrected chi connectivity index (χ1v) is 11.3. The second-order valence-corrected chi connectivity index (χ2v) is 8.86. The molecule has 2 aromatic rings. The summed E-state index contributed by atoms with van der Waals surface area (Å²) in [4.78, 5) is 38.7. The molecule has 0 saturated heterocycles. The molecular formula is C20H16F3N3O5S2. The van der Waals surface area contributed by atoms with E-state index in [4.69, 9.17) is 4.74 Å². The molecule has 13 heteroatoms. The Hall–Kier alpha value is -3.06. The maximum Gasteiger partial charge on any atom is 0.418 e. The van der Waals surface area contributed by atoms with Crippen LogP contribution in [0.2, 0.25) is 0 Å². The Morgan fingerprint density at radius 2 is 2.00 bits per heavy atom. The molecule has 0 aromatic heterocycles. The molecule has 0 saturated carbocycles. The number of hydrogen-bond acceptors (Lipinski definition) is 8. The normalized spacial score (nSPS) is 13.4. The minimum absolute atomic E-state index is 0.229. The van der Waals surface area contributed by atoms with Gasteiger partial charge in [0.1, 0.15) is 4.38 Å². The number of nitrogens with one attached hydrogen (secondary N) is 1. The molecule has 0 spiro atoms. The Morgan fingerprint density at radius 1 is 1.24 bits per heavy atom. The van der Waals surface area contributed by atoms with Crippen molar-refractivity contribution in [3.05, 3.63) is 69.3 Å². The van der Waals surface area contributed by atoms with Gasteiger partial charge in [0, 0.05) is 23.6 Å². The smallest absolute Gasteiger partial charge is 0.418 e. The van der Waals surface area contributed by atoms with Crippen molar-refractivity contribution in [1.82, 2.24) is 0 Å². The maximum absolute atomic E-state index is 13.2. The number of hydrogen-bond donors (Lipinski definition) is 1. The van der Waals surface area contributed by atoms with Crippen molar-refractivity contribution in [2.24, 2.45) is 4.99 Å². The molecule has 1 heterocycles. The number of benzene rings is 2. The first-order valence-electron chi connectivity index (χ1n) is 9.35. The number of halogens is 3. The van der Waals surface area contributed by atoms with E-state index in [9.17, 15) is 32.9 Å². The molecule has 0 atom stereocenters. The lowest BCUT2D eigenvalue weighted by Gasteiger charge is -2.14. The molecule has 1 aliphatic rings. The van der Waals surface area contributed by atoms with Crippen molar-refractivity contribution in [3.63, 3.8) is 0 Å². The van der Waals surface area contributed by atoms with Crippen LogP contribution in [0.15, 0.2) is 47.5 Å². The molecule has 1 amide bonds. The van der Waals surface area contributed by atoms with E-state index in [2.05, 4.69) is 4.99 Å². The van der Waals surface area contributed by atoms with E-state index in [1.54, 1.807) is 30.0 Å². The fourth-order valence-corrected chi connectivity index (χ4v) is 4.79. The lowest BCUT2D eigenvalue weighted by molar-refractivity contribution is -0.385. The largest absolute Gasteiger partial charge is 0.452 e. The molecule has 8 nitrogen and oxygen atoms in total. The summed E-state index contributed by atoms with van der Waals surface area (Å²) in [7, 11) is 0. The number of rotatable bonds is 7. The van der Waals surface area contributed by atoms with Crippen LogP contribution in [0.25, 0.3) is 0 Å². The number of non-ortho nitro benzene ring substituents is 1. The lowest BCUT2D eigenvalue weighted by atomic mass is 10.1. The highest BCUT2D eigenvalue weighted by molar-refractivity contribution is 8.38. The Morgan fingerprint density at radius 3 is 2.67 bits per heavy atom. The summed E-state index contributed by atoms with van der Waals surface area (Å²) in [6.07, 6.45) is -4.94. The van der Waals surface area contributed by atoms with Crippen LogP contribution in [0.5, 0.6) is 0 Å². The number of nitrogens with zero attached hydrogens (tertiary/aromatic N) is 2. The molecule has 0 unspecified atom stereocenters. The van der Waals surface area contributed by atoms with Crippen molar-refractivity contribution in [2.45, 2.75) is 11.9 Å². The van der Waals surface area contributed by atoms with Gasteiger partial charge in [0.25, 0.3) is 11.6 Å². The molecule has 0 radical (unpaired) electrons. The van der Waals surface area contributed by atoms with Crippen LogP contribution < -0.4 is 5.32 Å². The monoisotopic (exact) mass is 499 g/mol. The fraction of sp³-hybridized carbons (Fsp3) is 0.250. The number of nitro benzene ring substituents is 1. The van der Waals surface area contributed by atoms with Crippen LogP contribution in [0, 0.1) is 10.1 Å². The molecule has 1 N–H and O–H groups in total. The topological polar surface area (TPSA) is 111 Å². The van der Waals surface area contributed by atoms with Gasteiger partial charge in [-0.2, -0.15) is 13.2 Å². The molecule has 0 fully saturated rings. The van der Waals surface area contributed by atoms with Crippen molar-refractivity contribution in [2.75, 3.05) is 24.2 Å². The molecule has 1 aliphatic heterocycles. The zero-order chi connectivity index (χ0) is 24.0. The summed E-state index contributed by atoms with van der Waals surface area (Å²) in [6, 6.07) is 8.56. The minimum atomic E-state index is -4.94. The lowest BCUT2D eigenvalue weighted by Crippen LogP contribution is -2.23. The third kappa shape index (κ3) is 6.71. The van der Waals surface area contributed by atoms with Gasteiger partial charge in [-0.3, -0.25) is 19.9 Å². The van der Waals surface area contributed by atoms with Gasteiger partial charge >= 0.3 is 12.1 Å². The Kier molecular flexibility index (Phi) is 7.97. The summed E-state index contributed by atoms with van der Waals surface area (Å²) in [5.41, 5.74) is -1.94. The highest BCUT2D eigenvalue weighted by atomic mass is 32.2. The quantitative estimate of drug-likeness (QED) is 0.333. The zero-order valence-electron chi connectivity index (χ0n) is 16.8. The Labute approximate surface area is 194 Å². The second kappa shape index (κ2) is 10.7. The van der Waals surface area contributed by atoms with Gasteiger partial charge in [-0.15, -0.1) is 0 Å². The van der Waals surface area contributed by atoms with E-state index in [0.717, 1.165) is 28.8 Å². The third-order valence-electron chi connectivity index (χ3n) is 4.27. The van der Waals surface area contributed by atoms with E-state index < -0.39 is 46.5 Å². The molecule has 33 heavy (non-hydrogen) atoms. The van der Waals surface area contributed by atoms with Crippen LogP contribution in [0.3, 0.4) is 0 Å². The van der Waals surface area contributed by atoms with Crippen molar-refractivity contribution < 1.29 is 32.4 Å². The first-order chi connectivity index (χ1) is 15.6. The molecule has 174 valence electrons. The van der Waals surface area contributed by atoms with Gasteiger partial charge in [0.2, 0.25) is 0 Å². The van der Waals surface area contributed by atoms with Gasteiger partial charge in [0.05, 0.1) is 28.3 Å². The highest BCUT2D eigenvalue weighted by Gasteiger charge is 2.35. The standard InChI is InChI=1S/C20H16F3N3O5S2/c21-20(22,23)15-9-13(26(29)30)5-6-16(15)25-17(27)10-31-18(28)14-4-2-1-3-12(14)11-33-19-24-7-8-32-19/h1-6,9H,7-8,10-11H2,(H,25,27). The van der Waals surface area contributed by atoms with Crippen LogP contribution >= 0.6 is 23.5 Å². The molecule has 3 rings (SSSR count). The zero-order valence-corrected chi connectivity index (χ0v) is 18.4. The number of amides is 1. The van der Waals surface area contributed by atoms with Crippen LogP contribution in [0.4, 0.5) is 24.5 Å². The SMILES string of the molecule is O=C(COC(=O)c1ccccc1CSC1=NCCS1)Nc1ccc([N+](=O)[O-])cc1C(F)(F)F. The van der Waals surface area contributed by atoms with Crippen LogP contribution in [-0.2, 0) is 21.5 Å². The molecule has 0 bridgehead atoms. The predicted octanol–water partition coefficient (Wildman–Crippen LogP) is 4.75. The number of alkyl halides is 3. The van der Waals surface area contributed by atoms with E-state index >= 15 is 0 Å². The summed E-state index contributed by atoms with van der Waals surface area (Å²) < 4.78 is 45.6. The average Bonchev–Trinajstić information content (AvgIpc) is 3.29. The van der Waals surface area contributed by atoms with Crippen molar-refractivity contribution in [1.29, 1.82) is 0 Å². The minimum Gasteiger partial charge on any atom is -0.452 e. The third-order valence-corrected chi connectivity index (χ3v) is 6.58. The van der Waals surface area contributed by atoms with Gasteiger partial charge in [-0.05, 0) is 17.7 Å². The number of esters is 1. The fourth-order valence-electron chi connectivity index (χ4n) is 2.77. The highest BCUT2D eigenvalue weighted by Crippen LogP contribution is 2.37. The predicted molar refractivity (Wildman–Crippen MR) is 120 cm³/mol. The molecule has 2 aromatic carbocycles. The van der Waals surface area contributed by atoms with E-state index in [0.29, 0.717) is 17.4 Å². The van der Waals surface area contributed by atoms with Crippen molar-refractivity contribution in [3.8, 4) is 0 Å². The molecule has 0 aliphatic carbocycles. The van der Waals surface area contributed by atoms with Gasteiger partial charge in [-0.1, -0.05) is 41.7 Å². The average molecular weight is 499 g/mol. The Balaban J connectivity index is 1.64. The van der Waals surface area contributed by atoms with E-state index in [-0.39, 0.29) is 5.56 Å². The summed E-state index contributed by atoms with van der Waals surface area (Å²) >= 11 is 3.10. The summed E-state index contributed by atoms with van der Waals surface area (Å²) in [5, 5.41) is 12.7. The number of carbonyl (C=O) groups is 2. The maximum atomic E-state index is 13.2. The first kappa shape index (κ1) is 24.6. The number of ether oxygens (including phenoxy) is 1.